The van der Waals surface area contributed by atoms with Gasteiger partial charge >= 0.3 is 0 Å². The lowest BCUT2D eigenvalue weighted by Gasteiger charge is -2.30. The minimum Gasteiger partial charge on any atom is -0.494 e. The maximum Gasteiger partial charge on any atom is 0.180 e. The van der Waals surface area contributed by atoms with E-state index in [-0.39, 0.29) is 5.78 Å². The minimum atomic E-state index is -0.403. The third-order valence-electron chi connectivity index (χ3n) is 8.93. The number of nitrogens with zero attached hydrogens (tertiary/aromatic N) is 1. The minimum absolute atomic E-state index is 0.0755. The number of hydrogen-bond acceptors (Lipinski definition) is 5. The molecular formula is C40H61NO3S2. The zero-order valence-electron chi connectivity index (χ0n) is 28.9. The first kappa shape index (κ1) is 38.4. The summed E-state index contributed by atoms with van der Waals surface area (Å²) in [6, 6.07) is 15.8. The van der Waals surface area contributed by atoms with Gasteiger partial charge in [-0.1, -0.05) is 140 Å². The summed E-state index contributed by atoms with van der Waals surface area (Å²) in [6.07, 6.45) is 24.1. The van der Waals surface area contributed by atoms with Crippen LogP contribution in [-0.2, 0) is 0 Å². The Morgan fingerprint density at radius 1 is 0.652 bits per heavy atom. The molecule has 1 fully saturated rings. The Balaban J connectivity index is 1.52. The van der Waals surface area contributed by atoms with Gasteiger partial charge in [0.15, 0.2) is 5.78 Å². The van der Waals surface area contributed by atoms with Crippen LogP contribution in [0.25, 0.3) is 0 Å². The molecule has 256 valence electrons. The van der Waals surface area contributed by atoms with E-state index in [9.17, 15) is 4.79 Å². The second-order valence-corrected chi connectivity index (χ2v) is 14.7. The van der Waals surface area contributed by atoms with Crippen molar-refractivity contribution >= 4 is 34.1 Å². The Hall–Kier alpha value is -2.05. The number of thioether (sulfide) groups is 1. The summed E-state index contributed by atoms with van der Waals surface area (Å²) in [5.41, 5.74) is 1.65. The van der Waals surface area contributed by atoms with Crippen molar-refractivity contribution in [2.45, 2.75) is 141 Å². The molecule has 0 saturated carbocycles. The molecule has 6 heteroatoms. The summed E-state index contributed by atoms with van der Waals surface area (Å²) in [5, 5.41) is -0.403. The maximum atomic E-state index is 14.0. The highest BCUT2D eigenvalue weighted by Gasteiger charge is 2.27. The molecule has 1 atom stereocenters. The van der Waals surface area contributed by atoms with E-state index in [1.54, 1.807) is 0 Å². The van der Waals surface area contributed by atoms with E-state index in [0.717, 1.165) is 73.4 Å². The van der Waals surface area contributed by atoms with Crippen molar-refractivity contribution in [3.05, 3.63) is 59.7 Å². The van der Waals surface area contributed by atoms with E-state index in [2.05, 4.69) is 18.7 Å². The lowest BCUT2D eigenvalue weighted by atomic mass is 10.0. The average molecular weight is 668 g/mol. The van der Waals surface area contributed by atoms with Crippen LogP contribution in [0.1, 0.15) is 157 Å². The Morgan fingerprint density at radius 2 is 1.09 bits per heavy atom. The predicted molar refractivity (Wildman–Crippen MR) is 202 cm³/mol. The second kappa shape index (κ2) is 24.1. The fourth-order valence-electron chi connectivity index (χ4n) is 5.98. The van der Waals surface area contributed by atoms with Crippen LogP contribution in [0.5, 0.6) is 11.5 Å². The second-order valence-electron chi connectivity index (χ2n) is 12.9. The van der Waals surface area contributed by atoms with Gasteiger partial charge in [-0.05, 0) is 74.1 Å². The first-order valence-electron chi connectivity index (χ1n) is 18.6. The maximum absolute atomic E-state index is 14.0. The third-order valence-corrected chi connectivity index (χ3v) is 10.7. The van der Waals surface area contributed by atoms with Gasteiger partial charge in [0.2, 0.25) is 0 Å². The summed E-state index contributed by atoms with van der Waals surface area (Å²) < 4.78 is 12.9. The number of rotatable bonds is 24. The van der Waals surface area contributed by atoms with E-state index in [1.807, 2.05) is 48.5 Å². The molecule has 46 heavy (non-hydrogen) atoms. The molecule has 1 heterocycles. The van der Waals surface area contributed by atoms with Gasteiger partial charge in [-0.15, -0.1) is 0 Å². The van der Waals surface area contributed by atoms with E-state index in [4.69, 9.17) is 21.7 Å². The number of likely N-dealkylation sites (tertiary alicyclic amines) is 1. The van der Waals surface area contributed by atoms with Gasteiger partial charge in [-0.25, -0.2) is 0 Å². The van der Waals surface area contributed by atoms with Crippen molar-refractivity contribution in [3.8, 4) is 11.5 Å². The number of ether oxygens (including phenoxy) is 2. The molecule has 2 aromatic rings. The number of carbonyl (C=O) groups excluding carboxylic acids is 1. The molecule has 3 rings (SSSR count). The summed E-state index contributed by atoms with van der Waals surface area (Å²) in [6.45, 7) is 7.93. The number of hydrogen-bond donors (Lipinski definition) is 0. The SMILES string of the molecule is CCCCCCCCCCOc1ccc(C(=O)C(SC(=S)N2CCCCC2)c2ccc(OCCCCCCCCCC)cc2)cc1. The summed E-state index contributed by atoms with van der Waals surface area (Å²) in [4.78, 5) is 16.2. The van der Waals surface area contributed by atoms with Crippen molar-refractivity contribution in [3.63, 3.8) is 0 Å². The molecule has 1 unspecified atom stereocenters. The Bertz CT molecular complexity index is 1080. The van der Waals surface area contributed by atoms with Crippen LogP contribution in [0.4, 0.5) is 0 Å². The van der Waals surface area contributed by atoms with E-state index >= 15 is 0 Å². The molecule has 2 aromatic carbocycles. The summed E-state index contributed by atoms with van der Waals surface area (Å²) >= 11 is 7.40. The Kier molecular flexibility index (Phi) is 20.2. The number of unbranched alkanes of at least 4 members (excludes halogenated alkanes) is 14. The van der Waals surface area contributed by atoms with Crippen LogP contribution in [0.3, 0.4) is 0 Å². The quantitative estimate of drug-likeness (QED) is 0.0630. The molecule has 0 radical (unpaired) electrons. The smallest absolute Gasteiger partial charge is 0.180 e. The monoisotopic (exact) mass is 667 g/mol. The molecule has 1 saturated heterocycles. The third kappa shape index (κ3) is 15.2. The van der Waals surface area contributed by atoms with Gasteiger partial charge in [0, 0.05) is 18.7 Å². The van der Waals surface area contributed by atoms with Crippen LogP contribution >= 0.6 is 24.0 Å². The molecule has 0 amide bonds. The number of benzene rings is 2. The first-order valence-corrected chi connectivity index (χ1v) is 19.9. The van der Waals surface area contributed by atoms with Gasteiger partial charge in [0.05, 0.1) is 18.5 Å². The lowest BCUT2D eigenvalue weighted by Crippen LogP contribution is -2.33. The zero-order chi connectivity index (χ0) is 32.7. The molecule has 0 spiro atoms. The van der Waals surface area contributed by atoms with Crippen molar-refractivity contribution in [1.82, 2.24) is 4.90 Å². The van der Waals surface area contributed by atoms with E-state index in [0.29, 0.717) is 5.56 Å². The highest BCUT2D eigenvalue weighted by atomic mass is 32.2. The first-order chi connectivity index (χ1) is 22.6. The topological polar surface area (TPSA) is 38.8 Å². The van der Waals surface area contributed by atoms with Gasteiger partial charge in [0.1, 0.15) is 15.8 Å². The number of ketones is 1. The molecule has 0 N–H and O–H groups in total. The van der Waals surface area contributed by atoms with Crippen LogP contribution in [-0.4, -0.2) is 41.3 Å². The van der Waals surface area contributed by atoms with E-state index in [1.165, 1.54) is 108 Å². The number of thiocarbonyl (C=S) groups is 1. The average Bonchev–Trinajstić information content (AvgIpc) is 3.10. The van der Waals surface area contributed by atoms with Crippen LogP contribution in [0, 0.1) is 0 Å². The molecule has 1 aliphatic heterocycles. The molecule has 0 bridgehead atoms. The zero-order valence-corrected chi connectivity index (χ0v) is 30.6. The van der Waals surface area contributed by atoms with Gasteiger partial charge in [-0.3, -0.25) is 4.79 Å². The number of piperidine rings is 1. The highest BCUT2D eigenvalue weighted by Crippen LogP contribution is 2.36. The molecule has 0 aromatic heterocycles. The van der Waals surface area contributed by atoms with Crippen LogP contribution in [0.2, 0.25) is 0 Å². The van der Waals surface area contributed by atoms with E-state index < -0.39 is 5.25 Å². The number of carbonyl (C=O) groups is 1. The molecule has 1 aliphatic rings. The fraction of sp³-hybridized carbons (Fsp3) is 0.650. The van der Waals surface area contributed by atoms with Crippen molar-refractivity contribution in [1.29, 1.82) is 0 Å². The Morgan fingerprint density at radius 3 is 1.57 bits per heavy atom. The van der Waals surface area contributed by atoms with Crippen molar-refractivity contribution in [2.24, 2.45) is 0 Å². The van der Waals surface area contributed by atoms with Crippen molar-refractivity contribution in [2.75, 3.05) is 26.3 Å². The molecular weight excluding hydrogens is 607 g/mol. The Labute approximate surface area is 290 Å². The standard InChI is InChI=1S/C40H61NO3S2/c1-3-5-7-9-11-13-15-20-32-43-36-26-22-34(23-27-36)38(42)39(46-40(45)41-30-18-17-19-31-41)35-24-28-37(29-25-35)44-33-21-16-14-12-10-8-6-4-2/h22-29,39H,3-21,30-33H2,1-2H3. The fourth-order valence-corrected chi connectivity index (χ4v) is 7.52. The molecule has 0 aliphatic carbocycles. The summed E-state index contributed by atoms with van der Waals surface area (Å²) in [5.74, 6) is 1.76. The number of Topliss-reactive ketones (excluding diaryl/α,β-unsaturated/α-hetero) is 1. The van der Waals surface area contributed by atoms with Gasteiger partial charge < -0.3 is 14.4 Å². The van der Waals surface area contributed by atoms with Crippen LogP contribution in [0.15, 0.2) is 48.5 Å². The highest BCUT2D eigenvalue weighted by molar-refractivity contribution is 8.23. The van der Waals surface area contributed by atoms with Crippen LogP contribution < -0.4 is 9.47 Å². The normalized spacial score (nSPS) is 13.8. The summed E-state index contributed by atoms with van der Waals surface area (Å²) in [7, 11) is 0. The largest absolute Gasteiger partial charge is 0.494 e. The molecule has 4 nitrogen and oxygen atoms in total. The lowest BCUT2D eigenvalue weighted by molar-refractivity contribution is 0.0989. The van der Waals surface area contributed by atoms with Gasteiger partial charge in [0.25, 0.3) is 0 Å². The predicted octanol–water partition coefficient (Wildman–Crippen LogP) is 12.2. The van der Waals surface area contributed by atoms with Gasteiger partial charge in [-0.2, -0.15) is 0 Å². The van der Waals surface area contributed by atoms with Crippen molar-refractivity contribution < 1.29 is 14.3 Å².